The SMILES string of the molecule is CC(C)CCCc1cccc(-c2cc(-c3cc4c([nH]3)CCNC4=O)ccn2)c1. The first-order valence-corrected chi connectivity index (χ1v) is 10.2. The van der Waals surface area contributed by atoms with Gasteiger partial charge in [0.15, 0.2) is 0 Å². The van der Waals surface area contributed by atoms with Gasteiger partial charge in [-0.15, -0.1) is 0 Å². The molecule has 2 aromatic heterocycles. The number of nitrogens with one attached hydrogen (secondary N) is 2. The lowest BCUT2D eigenvalue weighted by molar-refractivity contribution is 0.0946. The third kappa shape index (κ3) is 4.01. The normalized spacial score (nSPS) is 13.5. The van der Waals surface area contributed by atoms with Crippen LogP contribution < -0.4 is 5.32 Å². The molecule has 0 saturated heterocycles. The number of fused-ring (bicyclic) bond motifs is 1. The van der Waals surface area contributed by atoms with E-state index in [1.807, 2.05) is 18.3 Å². The van der Waals surface area contributed by atoms with Crippen LogP contribution in [0.5, 0.6) is 0 Å². The predicted octanol–water partition coefficient (Wildman–Crippen LogP) is 5.01. The van der Waals surface area contributed by atoms with E-state index < -0.39 is 0 Å². The minimum absolute atomic E-state index is 0.00660. The van der Waals surface area contributed by atoms with E-state index in [2.05, 4.69) is 59.5 Å². The van der Waals surface area contributed by atoms with E-state index in [4.69, 9.17) is 0 Å². The zero-order chi connectivity index (χ0) is 19.5. The van der Waals surface area contributed by atoms with Crippen LogP contribution in [0.15, 0.2) is 48.7 Å². The van der Waals surface area contributed by atoms with Crippen molar-refractivity contribution >= 4 is 5.91 Å². The monoisotopic (exact) mass is 373 g/mol. The molecule has 4 nitrogen and oxygen atoms in total. The zero-order valence-electron chi connectivity index (χ0n) is 16.6. The summed E-state index contributed by atoms with van der Waals surface area (Å²) in [5, 5.41) is 2.90. The van der Waals surface area contributed by atoms with Gasteiger partial charge >= 0.3 is 0 Å². The van der Waals surface area contributed by atoms with E-state index >= 15 is 0 Å². The number of carbonyl (C=O) groups excluding carboxylic acids is 1. The fraction of sp³-hybridized carbons (Fsp3) is 0.333. The summed E-state index contributed by atoms with van der Waals surface area (Å²) in [6, 6.07) is 14.7. The number of amides is 1. The number of aromatic nitrogens is 2. The molecule has 1 aromatic carbocycles. The van der Waals surface area contributed by atoms with E-state index in [1.165, 1.54) is 18.4 Å². The molecule has 28 heavy (non-hydrogen) atoms. The first kappa shape index (κ1) is 18.5. The van der Waals surface area contributed by atoms with Gasteiger partial charge in [0.2, 0.25) is 0 Å². The molecule has 0 saturated carbocycles. The average Bonchev–Trinajstić information content (AvgIpc) is 3.14. The number of pyridine rings is 1. The molecule has 3 heterocycles. The minimum Gasteiger partial charge on any atom is -0.358 e. The Morgan fingerprint density at radius 1 is 1.11 bits per heavy atom. The van der Waals surface area contributed by atoms with Crippen LogP contribution in [0, 0.1) is 5.92 Å². The van der Waals surface area contributed by atoms with E-state index in [1.54, 1.807) is 0 Å². The van der Waals surface area contributed by atoms with Gasteiger partial charge in [-0.05, 0) is 48.6 Å². The zero-order valence-corrected chi connectivity index (χ0v) is 16.6. The summed E-state index contributed by atoms with van der Waals surface area (Å²) in [7, 11) is 0. The van der Waals surface area contributed by atoms with Crippen LogP contribution in [0.3, 0.4) is 0 Å². The van der Waals surface area contributed by atoms with E-state index in [-0.39, 0.29) is 5.91 Å². The highest BCUT2D eigenvalue weighted by Crippen LogP contribution is 2.27. The smallest absolute Gasteiger partial charge is 0.253 e. The predicted molar refractivity (Wildman–Crippen MR) is 113 cm³/mol. The van der Waals surface area contributed by atoms with Gasteiger partial charge in [-0.1, -0.05) is 38.5 Å². The number of aromatic amines is 1. The molecule has 3 aromatic rings. The second kappa shape index (κ2) is 8.01. The van der Waals surface area contributed by atoms with Crippen LogP contribution in [0.25, 0.3) is 22.5 Å². The summed E-state index contributed by atoms with van der Waals surface area (Å²) >= 11 is 0. The topological polar surface area (TPSA) is 57.8 Å². The molecule has 4 rings (SSSR count). The summed E-state index contributed by atoms with van der Waals surface area (Å²) < 4.78 is 0. The first-order valence-electron chi connectivity index (χ1n) is 10.2. The van der Waals surface area contributed by atoms with Crippen LogP contribution in [0.2, 0.25) is 0 Å². The van der Waals surface area contributed by atoms with Gasteiger partial charge in [-0.3, -0.25) is 9.78 Å². The lowest BCUT2D eigenvalue weighted by Gasteiger charge is -2.11. The van der Waals surface area contributed by atoms with Crippen molar-refractivity contribution in [3.8, 4) is 22.5 Å². The molecular weight excluding hydrogens is 346 g/mol. The van der Waals surface area contributed by atoms with Crippen molar-refractivity contribution in [3.05, 3.63) is 65.5 Å². The van der Waals surface area contributed by atoms with E-state index in [9.17, 15) is 4.79 Å². The number of benzene rings is 1. The highest BCUT2D eigenvalue weighted by molar-refractivity contribution is 5.97. The van der Waals surface area contributed by atoms with Gasteiger partial charge < -0.3 is 10.3 Å². The van der Waals surface area contributed by atoms with E-state index in [0.29, 0.717) is 6.54 Å². The quantitative estimate of drug-likeness (QED) is 0.638. The Morgan fingerprint density at radius 2 is 2.00 bits per heavy atom. The Balaban J connectivity index is 1.58. The molecule has 1 aliphatic rings. The number of H-pyrrole nitrogens is 1. The second-order valence-electron chi connectivity index (χ2n) is 8.00. The fourth-order valence-corrected chi connectivity index (χ4v) is 3.81. The number of hydrogen-bond donors (Lipinski definition) is 2. The standard InChI is InChI=1S/C24H27N3O/c1-16(2)5-3-6-17-7-4-8-18(13-17)22-14-19(9-11-25-22)23-15-20-21(27-23)10-12-26-24(20)28/h4,7-9,11,13-16,27H,3,5-6,10,12H2,1-2H3,(H,26,28). The van der Waals surface area contributed by atoms with Crippen LogP contribution in [0.4, 0.5) is 0 Å². The summed E-state index contributed by atoms with van der Waals surface area (Å²) in [4.78, 5) is 20.0. The van der Waals surface area contributed by atoms with Crippen molar-refractivity contribution < 1.29 is 4.79 Å². The molecule has 1 amide bonds. The lowest BCUT2D eigenvalue weighted by atomic mass is 9.99. The Labute approximate surface area is 166 Å². The molecule has 4 heteroatoms. The van der Waals surface area contributed by atoms with Gasteiger partial charge in [-0.25, -0.2) is 0 Å². The summed E-state index contributed by atoms with van der Waals surface area (Å²) in [5.74, 6) is 0.752. The fourth-order valence-electron chi connectivity index (χ4n) is 3.81. The molecule has 0 fully saturated rings. The molecular formula is C24H27N3O. The van der Waals surface area contributed by atoms with Crippen LogP contribution in [-0.2, 0) is 12.8 Å². The molecule has 2 N–H and O–H groups in total. The molecule has 0 aliphatic carbocycles. The third-order valence-corrected chi connectivity index (χ3v) is 5.35. The maximum atomic E-state index is 12.0. The molecule has 0 radical (unpaired) electrons. The molecule has 0 unspecified atom stereocenters. The Bertz CT molecular complexity index is 987. The average molecular weight is 374 g/mol. The molecule has 144 valence electrons. The van der Waals surface area contributed by atoms with Gasteiger partial charge in [-0.2, -0.15) is 0 Å². The lowest BCUT2D eigenvalue weighted by Crippen LogP contribution is -2.31. The first-order chi connectivity index (χ1) is 13.6. The van der Waals surface area contributed by atoms with E-state index in [0.717, 1.165) is 52.5 Å². The molecule has 1 aliphatic heterocycles. The van der Waals surface area contributed by atoms with Gasteiger partial charge in [0.05, 0.1) is 11.3 Å². The van der Waals surface area contributed by atoms with Crippen molar-refractivity contribution in [2.75, 3.05) is 6.54 Å². The van der Waals surface area contributed by atoms with Crippen molar-refractivity contribution in [2.24, 2.45) is 5.92 Å². The maximum Gasteiger partial charge on any atom is 0.253 e. The molecule has 0 atom stereocenters. The molecule has 0 bridgehead atoms. The Morgan fingerprint density at radius 3 is 2.82 bits per heavy atom. The highest BCUT2D eigenvalue weighted by atomic mass is 16.1. The number of hydrogen-bond acceptors (Lipinski definition) is 2. The Kier molecular flexibility index (Phi) is 5.29. The summed E-state index contributed by atoms with van der Waals surface area (Å²) in [5.41, 5.74) is 7.25. The number of aryl methyl sites for hydroxylation is 1. The van der Waals surface area contributed by atoms with Gasteiger partial charge in [0.25, 0.3) is 5.91 Å². The van der Waals surface area contributed by atoms with Crippen LogP contribution >= 0.6 is 0 Å². The molecule has 0 spiro atoms. The summed E-state index contributed by atoms with van der Waals surface area (Å²) in [6.45, 7) is 5.23. The van der Waals surface area contributed by atoms with Crippen LogP contribution in [0.1, 0.15) is 48.3 Å². The van der Waals surface area contributed by atoms with Gasteiger partial charge in [0, 0.05) is 41.7 Å². The number of rotatable bonds is 6. The van der Waals surface area contributed by atoms with Crippen molar-refractivity contribution in [3.63, 3.8) is 0 Å². The second-order valence-corrected chi connectivity index (χ2v) is 8.00. The van der Waals surface area contributed by atoms with Gasteiger partial charge in [0.1, 0.15) is 0 Å². The number of nitrogens with zero attached hydrogens (tertiary/aromatic N) is 1. The third-order valence-electron chi connectivity index (χ3n) is 5.35. The minimum atomic E-state index is 0.00660. The maximum absolute atomic E-state index is 12.0. The largest absolute Gasteiger partial charge is 0.358 e. The van der Waals surface area contributed by atoms with Crippen molar-refractivity contribution in [2.45, 2.75) is 39.5 Å². The number of carbonyl (C=O) groups is 1. The van der Waals surface area contributed by atoms with Crippen molar-refractivity contribution in [1.82, 2.24) is 15.3 Å². The highest BCUT2D eigenvalue weighted by Gasteiger charge is 2.20. The van der Waals surface area contributed by atoms with Crippen molar-refractivity contribution in [1.29, 1.82) is 0 Å². The summed E-state index contributed by atoms with van der Waals surface area (Å²) in [6.07, 6.45) is 6.26. The van der Waals surface area contributed by atoms with Crippen LogP contribution in [-0.4, -0.2) is 22.4 Å². The Hall–Kier alpha value is -2.88.